The average Bonchev–Trinajstić information content (AvgIpc) is 1.69. The van der Waals surface area contributed by atoms with Gasteiger partial charge in [-0.3, -0.25) is 0 Å². The van der Waals surface area contributed by atoms with Crippen LogP contribution in [0.5, 0.6) is 0 Å². The summed E-state index contributed by atoms with van der Waals surface area (Å²) in [6.07, 6.45) is 3.33. The first-order valence-corrected chi connectivity index (χ1v) is 2.06. The van der Waals surface area contributed by atoms with Crippen LogP contribution >= 0.6 is 0 Å². The van der Waals surface area contributed by atoms with Crippen LogP contribution in [0.4, 0.5) is 0 Å². The zero-order valence-corrected chi connectivity index (χ0v) is 4.00. The van der Waals surface area contributed by atoms with E-state index in [2.05, 4.69) is 5.18 Å². The van der Waals surface area contributed by atoms with E-state index in [-0.39, 0.29) is 6.54 Å². The van der Waals surface area contributed by atoms with Crippen molar-refractivity contribution in [2.45, 2.75) is 0 Å². The van der Waals surface area contributed by atoms with Gasteiger partial charge >= 0.3 is 0 Å². The third-order valence-electron chi connectivity index (χ3n) is 0.483. The molecule has 0 spiro atoms. The molecular weight excluding hydrogens is 92.1 g/mol. The predicted octanol–water partition coefficient (Wildman–Crippen LogP) is 0.268. The highest BCUT2D eigenvalue weighted by atomic mass is 16.3. The molecule has 0 atom stereocenters. The van der Waals surface area contributed by atoms with Crippen molar-refractivity contribution < 1.29 is 0 Å². The number of nitroso groups, excluding NO2 is 1. The van der Waals surface area contributed by atoms with E-state index in [0.717, 1.165) is 0 Å². The molecule has 7 heavy (non-hydrogen) atoms. The Morgan fingerprint density at radius 2 is 2.29 bits per heavy atom. The molecule has 3 heteroatoms. The molecule has 0 saturated heterocycles. The normalized spacial score (nSPS) is 9.86. The first-order chi connectivity index (χ1) is 3.41. The minimum Gasteiger partial charge on any atom is -0.327 e. The van der Waals surface area contributed by atoms with E-state index in [1.165, 1.54) is 0 Å². The van der Waals surface area contributed by atoms with Crippen LogP contribution in [0, 0.1) is 4.91 Å². The molecule has 0 aliphatic heterocycles. The fourth-order valence-corrected chi connectivity index (χ4v) is 0.214. The lowest BCUT2D eigenvalue weighted by Gasteiger charge is -1.73. The zero-order chi connectivity index (χ0) is 5.54. The van der Waals surface area contributed by atoms with E-state index >= 15 is 0 Å². The molecule has 40 valence electrons. The second-order valence-corrected chi connectivity index (χ2v) is 1.02. The van der Waals surface area contributed by atoms with Gasteiger partial charge in [0, 0.05) is 6.54 Å². The SMILES string of the molecule is NCC=CCN=O. The first-order valence-electron chi connectivity index (χ1n) is 2.06. The number of hydrogen-bond acceptors (Lipinski definition) is 3. The van der Waals surface area contributed by atoms with Gasteiger partial charge in [0.1, 0.15) is 0 Å². The van der Waals surface area contributed by atoms with E-state index in [4.69, 9.17) is 5.73 Å². The lowest BCUT2D eigenvalue weighted by molar-refractivity contribution is 1.18. The minimum absolute atomic E-state index is 0.233. The van der Waals surface area contributed by atoms with Gasteiger partial charge < -0.3 is 5.73 Å². The molecule has 0 unspecified atom stereocenters. The molecule has 0 saturated carbocycles. The minimum atomic E-state index is 0.233. The molecule has 0 aliphatic carbocycles. The molecule has 3 nitrogen and oxygen atoms in total. The highest BCUT2D eigenvalue weighted by molar-refractivity contribution is 4.83. The van der Waals surface area contributed by atoms with Crippen LogP contribution in [0.2, 0.25) is 0 Å². The van der Waals surface area contributed by atoms with Gasteiger partial charge in [0.2, 0.25) is 0 Å². The summed E-state index contributed by atoms with van der Waals surface area (Å²) in [4.78, 5) is 9.34. The van der Waals surface area contributed by atoms with Crippen LogP contribution in [0.25, 0.3) is 0 Å². The lowest BCUT2D eigenvalue weighted by Crippen LogP contribution is -1.92. The van der Waals surface area contributed by atoms with Gasteiger partial charge in [-0.15, -0.1) is 0 Å². The highest BCUT2D eigenvalue weighted by Crippen LogP contribution is 1.69. The van der Waals surface area contributed by atoms with Crippen molar-refractivity contribution in [3.8, 4) is 0 Å². The van der Waals surface area contributed by atoms with Crippen molar-refractivity contribution in [2.24, 2.45) is 10.9 Å². The maximum absolute atomic E-state index is 9.34. The maximum atomic E-state index is 9.34. The Morgan fingerprint density at radius 3 is 2.71 bits per heavy atom. The van der Waals surface area contributed by atoms with Gasteiger partial charge in [0.15, 0.2) is 0 Å². The summed E-state index contributed by atoms with van der Waals surface area (Å²) in [5.41, 5.74) is 5.04. The maximum Gasteiger partial charge on any atom is 0.0992 e. The molecule has 0 fully saturated rings. The van der Waals surface area contributed by atoms with Gasteiger partial charge in [-0.05, 0) is 0 Å². The van der Waals surface area contributed by atoms with E-state index in [1.54, 1.807) is 12.2 Å². The van der Waals surface area contributed by atoms with Crippen molar-refractivity contribution in [1.82, 2.24) is 0 Å². The molecule has 0 bridgehead atoms. The van der Waals surface area contributed by atoms with Gasteiger partial charge in [0.05, 0.1) is 6.54 Å². The standard InChI is InChI=1S/C4H8N2O/c5-3-1-2-4-6-7/h1-2H,3-5H2. The summed E-state index contributed by atoms with van der Waals surface area (Å²) in [7, 11) is 0. The molecule has 0 aromatic carbocycles. The number of hydrogen-bond donors (Lipinski definition) is 1. The monoisotopic (exact) mass is 100 g/mol. The van der Waals surface area contributed by atoms with Crippen LogP contribution in [-0.4, -0.2) is 13.1 Å². The molecule has 0 rings (SSSR count). The van der Waals surface area contributed by atoms with Crippen molar-refractivity contribution in [2.75, 3.05) is 13.1 Å². The van der Waals surface area contributed by atoms with E-state index in [0.29, 0.717) is 6.54 Å². The van der Waals surface area contributed by atoms with E-state index in [1.807, 2.05) is 0 Å². The van der Waals surface area contributed by atoms with Crippen LogP contribution in [-0.2, 0) is 0 Å². The Labute approximate surface area is 42.2 Å². The Hall–Kier alpha value is -0.700. The average molecular weight is 100 g/mol. The summed E-state index contributed by atoms with van der Waals surface area (Å²) in [6, 6.07) is 0. The molecule has 0 aliphatic rings. The Balaban J connectivity index is 2.92. The van der Waals surface area contributed by atoms with Gasteiger partial charge in [-0.2, -0.15) is 4.91 Å². The van der Waals surface area contributed by atoms with Crippen LogP contribution in [0.1, 0.15) is 0 Å². The van der Waals surface area contributed by atoms with Crippen molar-refractivity contribution in [3.63, 3.8) is 0 Å². The quantitative estimate of drug-likeness (QED) is 0.408. The topological polar surface area (TPSA) is 55.4 Å². The molecular formula is C4H8N2O. The van der Waals surface area contributed by atoms with Crippen molar-refractivity contribution in [3.05, 3.63) is 17.1 Å². The second-order valence-electron chi connectivity index (χ2n) is 1.02. The van der Waals surface area contributed by atoms with Crippen LogP contribution < -0.4 is 5.73 Å². The first kappa shape index (κ1) is 6.30. The molecule has 0 heterocycles. The zero-order valence-electron chi connectivity index (χ0n) is 4.00. The molecule has 2 N–H and O–H groups in total. The smallest absolute Gasteiger partial charge is 0.0992 e. The van der Waals surface area contributed by atoms with E-state index < -0.39 is 0 Å². The van der Waals surface area contributed by atoms with Crippen molar-refractivity contribution in [1.29, 1.82) is 0 Å². The summed E-state index contributed by atoms with van der Waals surface area (Å²) < 4.78 is 0. The largest absolute Gasteiger partial charge is 0.327 e. The molecule has 0 aromatic heterocycles. The third-order valence-corrected chi connectivity index (χ3v) is 0.483. The van der Waals surface area contributed by atoms with Gasteiger partial charge in [-0.1, -0.05) is 17.3 Å². The predicted molar refractivity (Wildman–Crippen MR) is 28.9 cm³/mol. The summed E-state index contributed by atoms with van der Waals surface area (Å²) >= 11 is 0. The molecule has 0 aromatic rings. The number of nitrogens with zero attached hydrogens (tertiary/aromatic N) is 1. The van der Waals surface area contributed by atoms with Crippen molar-refractivity contribution >= 4 is 0 Å². The van der Waals surface area contributed by atoms with Gasteiger partial charge in [-0.25, -0.2) is 0 Å². The van der Waals surface area contributed by atoms with Crippen LogP contribution in [0.3, 0.4) is 0 Å². The molecule has 0 radical (unpaired) electrons. The van der Waals surface area contributed by atoms with E-state index in [9.17, 15) is 4.91 Å². The van der Waals surface area contributed by atoms with Gasteiger partial charge in [0.25, 0.3) is 0 Å². The van der Waals surface area contributed by atoms with Crippen LogP contribution in [0.15, 0.2) is 17.3 Å². The Bertz CT molecular complexity index is 70.1. The number of nitrogens with two attached hydrogens (primary N) is 1. The third kappa shape index (κ3) is 5.30. The Morgan fingerprint density at radius 1 is 1.57 bits per heavy atom. The Kier molecular flexibility index (Phi) is 4.77. The summed E-state index contributed by atoms with van der Waals surface area (Å²) in [5, 5.41) is 2.58. The number of rotatable bonds is 3. The highest BCUT2D eigenvalue weighted by Gasteiger charge is 1.66. The molecule has 0 amide bonds. The lowest BCUT2D eigenvalue weighted by atomic mass is 10.5. The fourth-order valence-electron chi connectivity index (χ4n) is 0.214. The summed E-state index contributed by atoms with van der Waals surface area (Å²) in [5.74, 6) is 0. The summed E-state index contributed by atoms with van der Waals surface area (Å²) in [6.45, 7) is 0.715. The fraction of sp³-hybridized carbons (Fsp3) is 0.500. The second kappa shape index (κ2) is 5.30.